The van der Waals surface area contributed by atoms with E-state index in [0.29, 0.717) is 11.1 Å². The number of benzene rings is 8. The molecule has 0 aliphatic carbocycles. The van der Waals surface area contributed by atoms with E-state index in [9.17, 15) is 8.22 Å². The van der Waals surface area contributed by atoms with Crippen molar-refractivity contribution in [3.63, 3.8) is 0 Å². The van der Waals surface area contributed by atoms with Crippen molar-refractivity contribution >= 4 is 43.7 Å². The van der Waals surface area contributed by atoms with Crippen LogP contribution in [0.1, 0.15) is 26.0 Å². The lowest BCUT2D eigenvalue weighted by Gasteiger charge is -2.11. The lowest BCUT2D eigenvalue weighted by molar-refractivity contribution is 0.669. The van der Waals surface area contributed by atoms with Gasteiger partial charge in [-0.2, -0.15) is 0 Å². The van der Waals surface area contributed by atoms with E-state index in [1.54, 1.807) is 18.2 Å². The summed E-state index contributed by atoms with van der Waals surface area (Å²) in [6.07, 6.45) is 0. The summed E-state index contributed by atoms with van der Waals surface area (Å²) in [6, 6.07) is 10.8. The molecule has 0 spiro atoms. The van der Waals surface area contributed by atoms with Gasteiger partial charge < -0.3 is 8.98 Å². The Bertz CT molecular complexity index is 4320. The maximum absolute atomic E-state index is 9.94. The van der Waals surface area contributed by atoms with Crippen molar-refractivity contribution in [1.82, 2.24) is 19.5 Å². The first kappa shape index (κ1) is 18.1. The highest BCUT2D eigenvalue weighted by molar-refractivity contribution is 6.10. The molecule has 262 valence electrons. The molecule has 0 N–H and O–H groups in total. The minimum atomic E-state index is -0.819. The maximum atomic E-state index is 9.94. The van der Waals surface area contributed by atoms with Gasteiger partial charge in [0.15, 0.2) is 17.5 Å². The second kappa shape index (κ2) is 13.0. The number of nitrogens with zero attached hydrogens (tertiary/aromatic N) is 4. The van der Waals surface area contributed by atoms with E-state index in [0.717, 1.165) is 21.3 Å². The van der Waals surface area contributed by atoms with Crippen LogP contribution in [0.3, 0.4) is 0 Å². The predicted molar refractivity (Wildman–Crippen MR) is 229 cm³/mol. The Hall–Kier alpha value is -7.63. The average molecular weight is 736 g/mol. The van der Waals surface area contributed by atoms with Gasteiger partial charge in [0.05, 0.1) is 37.1 Å². The second-order valence-electron chi connectivity index (χ2n) is 12.6. The lowest BCUT2D eigenvalue weighted by atomic mass is 9.99. The fourth-order valence-corrected chi connectivity index (χ4v) is 6.66. The maximum Gasteiger partial charge on any atom is 0.164 e. The summed E-state index contributed by atoms with van der Waals surface area (Å²) in [6.45, 7) is 0. The van der Waals surface area contributed by atoms with Gasteiger partial charge in [-0.05, 0) is 70.6 Å². The molecule has 3 aromatic heterocycles. The van der Waals surface area contributed by atoms with Crippen LogP contribution in [0.15, 0.2) is 198 Å². The van der Waals surface area contributed by atoms with Crippen LogP contribution in [-0.2, 0) is 0 Å². The summed E-state index contributed by atoms with van der Waals surface area (Å²) < 4.78 is 176. The molecule has 5 heteroatoms. The Morgan fingerprint density at radius 3 is 1.73 bits per heavy atom. The summed E-state index contributed by atoms with van der Waals surface area (Å²) in [5.41, 5.74) is 0.360. The third kappa shape index (κ3) is 5.45. The Kier molecular flexibility index (Phi) is 4.22. The smallest absolute Gasteiger partial charge is 0.164 e. The first-order chi connectivity index (χ1) is 35.7. The van der Waals surface area contributed by atoms with Crippen LogP contribution in [0.25, 0.3) is 106 Å². The standard InChI is InChI=1S/C51H32N4O/c1-3-12-33(13-4-1)34-22-24-35(25-23-34)36-14-11-15-37(30-36)49-52-50(54-51(53-49)39-27-29-44-43-19-8-10-21-47(43)56-48(44)32-39)38-26-28-42-41-18-7-9-20-45(41)55(46(42)31-38)40-16-5-2-6-17-40/h1-32H/i2D,5D,6D,7D,8D,9D,10D,16D,17D,18D,19D,20D,21D,26D,27D,28D,29D,31D,32D. The lowest BCUT2D eigenvalue weighted by Crippen LogP contribution is -2.00. The van der Waals surface area contributed by atoms with Gasteiger partial charge in [0, 0.05) is 43.9 Å². The number of furan rings is 1. The van der Waals surface area contributed by atoms with E-state index in [1.807, 2.05) is 60.7 Å². The molecule has 11 aromatic rings. The molecular weight excluding hydrogens is 685 g/mol. The van der Waals surface area contributed by atoms with Crippen molar-refractivity contribution in [3.8, 4) is 62.1 Å². The van der Waals surface area contributed by atoms with Crippen molar-refractivity contribution in [1.29, 1.82) is 0 Å². The van der Waals surface area contributed by atoms with Gasteiger partial charge in [-0.3, -0.25) is 0 Å². The van der Waals surface area contributed by atoms with Gasteiger partial charge >= 0.3 is 0 Å². The molecule has 11 rings (SSSR count). The van der Waals surface area contributed by atoms with Gasteiger partial charge in [0.1, 0.15) is 11.2 Å². The zero-order valence-electron chi connectivity index (χ0n) is 47.7. The Labute approximate surface area is 349 Å². The van der Waals surface area contributed by atoms with Crippen molar-refractivity contribution in [3.05, 3.63) is 194 Å². The molecule has 0 aliphatic rings. The summed E-state index contributed by atoms with van der Waals surface area (Å²) in [4.78, 5) is 14.1. The highest BCUT2D eigenvalue weighted by Gasteiger charge is 2.18. The number of rotatable bonds is 6. The fourth-order valence-electron chi connectivity index (χ4n) is 6.66. The zero-order valence-corrected chi connectivity index (χ0v) is 28.7. The van der Waals surface area contributed by atoms with Gasteiger partial charge in [0.25, 0.3) is 0 Å². The third-order valence-corrected chi connectivity index (χ3v) is 9.28. The number of hydrogen-bond acceptors (Lipinski definition) is 4. The molecule has 0 amide bonds. The van der Waals surface area contributed by atoms with Gasteiger partial charge in [-0.15, -0.1) is 0 Å². The molecule has 0 saturated carbocycles. The van der Waals surface area contributed by atoms with Crippen molar-refractivity contribution < 1.29 is 30.5 Å². The Morgan fingerprint density at radius 1 is 0.393 bits per heavy atom. The number of fused-ring (bicyclic) bond motifs is 6. The molecule has 3 heterocycles. The van der Waals surface area contributed by atoms with Crippen LogP contribution in [-0.4, -0.2) is 19.5 Å². The van der Waals surface area contributed by atoms with Crippen LogP contribution < -0.4 is 0 Å². The Morgan fingerprint density at radius 2 is 0.946 bits per heavy atom. The molecule has 0 unspecified atom stereocenters. The summed E-state index contributed by atoms with van der Waals surface area (Å²) >= 11 is 0. The molecule has 0 saturated heterocycles. The van der Waals surface area contributed by atoms with Crippen molar-refractivity contribution in [2.75, 3.05) is 0 Å². The largest absolute Gasteiger partial charge is 0.456 e. The quantitative estimate of drug-likeness (QED) is 0.171. The van der Waals surface area contributed by atoms with E-state index in [1.165, 1.54) is 0 Å². The van der Waals surface area contributed by atoms with Crippen molar-refractivity contribution in [2.45, 2.75) is 0 Å². The first-order valence-corrected chi connectivity index (χ1v) is 17.2. The highest BCUT2D eigenvalue weighted by atomic mass is 16.3. The summed E-state index contributed by atoms with van der Waals surface area (Å²) in [7, 11) is 0. The number of para-hydroxylation sites is 3. The van der Waals surface area contributed by atoms with Gasteiger partial charge in [-0.1, -0.05) is 145 Å². The highest BCUT2D eigenvalue weighted by Crippen LogP contribution is 2.37. The van der Waals surface area contributed by atoms with Crippen LogP contribution in [0.2, 0.25) is 0 Å². The summed E-state index contributed by atoms with van der Waals surface area (Å²) in [5.74, 6) is -1.21. The van der Waals surface area contributed by atoms with Crippen molar-refractivity contribution in [2.24, 2.45) is 0 Å². The number of hydrogen-bond donors (Lipinski definition) is 0. The first-order valence-electron chi connectivity index (χ1n) is 26.7. The SMILES string of the molecule is [2H]c1c([2H])c([2H])c(-n2c3c([2H])c([2H])c([2H])c([2H])c3c3c([2H])c([2H])c(-c4nc(-c5cccc(-c6ccc(-c7ccccc7)cc6)c5)nc(-c5c([2H])c([2H])c6c(oc7c([2H])c([2H])c([2H])c([2H])c76)c5[2H])n4)c([2H])c32)c([2H])c1[2H]. The molecule has 5 nitrogen and oxygen atoms in total. The molecule has 8 aromatic carbocycles. The fraction of sp³-hybridized carbons (Fsp3) is 0. The summed E-state index contributed by atoms with van der Waals surface area (Å²) in [5, 5.41) is -1.26. The van der Waals surface area contributed by atoms with Gasteiger partial charge in [0.2, 0.25) is 0 Å². The van der Waals surface area contributed by atoms with Gasteiger partial charge in [-0.25, -0.2) is 15.0 Å². The predicted octanol–water partition coefficient (Wildman–Crippen LogP) is 13.2. The molecule has 0 radical (unpaired) electrons. The average Bonchev–Trinajstić information content (AvgIpc) is 4.05. The minimum Gasteiger partial charge on any atom is -0.456 e. The van der Waals surface area contributed by atoms with Crippen LogP contribution in [0, 0.1) is 0 Å². The monoisotopic (exact) mass is 735 g/mol. The molecule has 0 atom stereocenters. The second-order valence-corrected chi connectivity index (χ2v) is 12.6. The van der Waals surface area contributed by atoms with E-state index in [4.69, 9.17) is 32.2 Å². The molecule has 0 aliphatic heterocycles. The van der Waals surface area contributed by atoms with E-state index in [2.05, 4.69) is 4.98 Å². The van der Waals surface area contributed by atoms with Crippen LogP contribution in [0.4, 0.5) is 0 Å². The van der Waals surface area contributed by atoms with Crippen LogP contribution >= 0.6 is 0 Å². The third-order valence-electron chi connectivity index (χ3n) is 9.28. The number of aromatic nitrogens is 4. The molecule has 0 bridgehead atoms. The van der Waals surface area contributed by atoms with E-state index in [-0.39, 0.29) is 27.6 Å². The Balaban J connectivity index is 1.24. The zero-order chi connectivity index (χ0) is 53.5. The van der Waals surface area contributed by atoms with E-state index < -0.39 is 165 Å². The normalized spacial score (nSPS) is 16.3. The molecular formula is C51H32N4O. The molecule has 56 heavy (non-hydrogen) atoms. The minimum absolute atomic E-state index is 0.177. The van der Waals surface area contributed by atoms with E-state index >= 15 is 0 Å². The van der Waals surface area contributed by atoms with Crippen LogP contribution in [0.5, 0.6) is 0 Å². The molecule has 0 fully saturated rings. The topological polar surface area (TPSA) is 56.7 Å².